The maximum atomic E-state index is 12.0. The van der Waals surface area contributed by atoms with Crippen LogP contribution in [0.15, 0.2) is 18.3 Å². The van der Waals surface area contributed by atoms with Crippen LogP contribution in [0.3, 0.4) is 0 Å². The van der Waals surface area contributed by atoms with Gasteiger partial charge in [-0.3, -0.25) is 0 Å². The minimum Gasteiger partial charge on any atom is -0.477 e. The zero-order chi connectivity index (χ0) is 13.1. The van der Waals surface area contributed by atoms with Crippen LogP contribution in [-0.4, -0.2) is 40.0 Å². The molecule has 94 valence electrons. The van der Waals surface area contributed by atoms with Gasteiger partial charge < -0.3 is 15.5 Å². The second-order valence-electron chi connectivity index (χ2n) is 3.17. The van der Waals surface area contributed by atoms with Crippen molar-refractivity contribution in [1.29, 1.82) is 0 Å². The number of aliphatic hydroxyl groups is 1. The number of aromatic nitrogens is 1. The van der Waals surface area contributed by atoms with Crippen molar-refractivity contribution in [2.24, 2.45) is 0 Å². The Balaban J connectivity index is 2.64. The number of aliphatic hydroxyl groups excluding tert-OH is 1. The van der Waals surface area contributed by atoms with Crippen molar-refractivity contribution in [3.8, 4) is 0 Å². The molecule has 1 unspecified atom stereocenters. The fraction of sp³-hybridized carbons (Fsp3) is 0.333. The summed E-state index contributed by atoms with van der Waals surface area (Å²) < 4.78 is 35.9. The number of hydrogen-bond acceptors (Lipinski definition) is 4. The first kappa shape index (κ1) is 13.2. The lowest BCUT2D eigenvalue weighted by atomic mass is 10.3. The molecule has 1 rings (SSSR count). The number of halogens is 3. The van der Waals surface area contributed by atoms with E-state index in [2.05, 4.69) is 10.3 Å². The van der Waals surface area contributed by atoms with E-state index < -0.39 is 24.8 Å². The number of carboxylic acids is 1. The third-order valence-corrected chi connectivity index (χ3v) is 1.86. The minimum absolute atomic E-state index is 0.140. The molecule has 0 radical (unpaired) electrons. The Hall–Kier alpha value is -1.83. The first-order valence-electron chi connectivity index (χ1n) is 4.48. The van der Waals surface area contributed by atoms with E-state index in [-0.39, 0.29) is 11.4 Å². The standard InChI is InChI=1S/C9H9F3N2O3/c10-9(11,12)7(15)4-14-5-1-2-13-6(3-5)8(16)17/h1-3,7,15H,4H2,(H,13,14)(H,16,17). The van der Waals surface area contributed by atoms with Crippen molar-refractivity contribution >= 4 is 11.7 Å². The van der Waals surface area contributed by atoms with Gasteiger partial charge in [0.1, 0.15) is 5.69 Å². The van der Waals surface area contributed by atoms with Crippen LogP contribution in [0.4, 0.5) is 18.9 Å². The normalized spacial score (nSPS) is 13.2. The number of carbonyl (C=O) groups is 1. The van der Waals surface area contributed by atoms with E-state index in [0.29, 0.717) is 0 Å². The van der Waals surface area contributed by atoms with E-state index in [9.17, 15) is 18.0 Å². The molecule has 1 atom stereocenters. The van der Waals surface area contributed by atoms with Gasteiger partial charge in [0.25, 0.3) is 0 Å². The Labute approximate surface area is 93.9 Å². The molecule has 0 aliphatic carbocycles. The van der Waals surface area contributed by atoms with Gasteiger partial charge in [-0.2, -0.15) is 13.2 Å². The summed E-state index contributed by atoms with van der Waals surface area (Å²) in [5.41, 5.74) is -0.155. The fourth-order valence-corrected chi connectivity index (χ4v) is 0.988. The quantitative estimate of drug-likeness (QED) is 0.745. The molecule has 0 saturated carbocycles. The molecule has 17 heavy (non-hydrogen) atoms. The summed E-state index contributed by atoms with van der Waals surface area (Å²) in [5.74, 6) is -1.29. The molecule has 1 aromatic heterocycles. The molecule has 5 nitrogen and oxygen atoms in total. The molecule has 1 heterocycles. The lowest BCUT2D eigenvalue weighted by Gasteiger charge is -2.15. The van der Waals surface area contributed by atoms with Gasteiger partial charge in [-0.05, 0) is 12.1 Å². The third kappa shape index (κ3) is 3.91. The molecular weight excluding hydrogens is 241 g/mol. The van der Waals surface area contributed by atoms with Crippen molar-refractivity contribution < 1.29 is 28.2 Å². The van der Waals surface area contributed by atoms with E-state index >= 15 is 0 Å². The summed E-state index contributed by atoms with van der Waals surface area (Å²) in [6.07, 6.45) is -6.08. The topological polar surface area (TPSA) is 82.5 Å². The summed E-state index contributed by atoms with van der Waals surface area (Å²) in [5, 5.41) is 19.6. The Morgan fingerprint density at radius 3 is 2.71 bits per heavy atom. The van der Waals surface area contributed by atoms with E-state index in [4.69, 9.17) is 10.2 Å². The maximum absolute atomic E-state index is 12.0. The Morgan fingerprint density at radius 1 is 1.53 bits per heavy atom. The van der Waals surface area contributed by atoms with Crippen LogP contribution in [0.1, 0.15) is 10.5 Å². The van der Waals surface area contributed by atoms with Crippen molar-refractivity contribution in [1.82, 2.24) is 4.98 Å². The first-order chi connectivity index (χ1) is 7.80. The number of rotatable bonds is 4. The van der Waals surface area contributed by atoms with Gasteiger partial charge in [-0.15, -0.1) is 0 Å². The zero-order valence-corrected chi connectivity index (χ0v) is 8.40. The van der Waals surface area contributed by atoms with Gasteiger partial charge >= 0.3 is 12.1 Å². The molecule has 0 bridgehead atoms. The monoisotopic (exact) mass is 250 g/mol. The lowest BCUT2D eigenvalue weighted by molar-refractivity contribution is -0.198. The summed E-state index contributed by atoms with van der Waals surface area (Å²) in [4.78, 5) is 14.0. The predicted octanol–water partition coefficient (Wildman–Crippen LogP) is 1.11. The zero-order valence-electron chi connectivity index (χ0n) is 8.40. The smallest absolute Gasteiger partial charge is 0.416 e. The number of anilines is 1. The molecule has 0 amide bonds. The molecule has 0 saturated heterocycles. The molecule has 3 N–H and O–H groups in total. The highest BCUT2D eigenvalue weighted by Crippen LogP contribution is 2.20. The van der Waals surface area contributed by atoms with Crippen LogP contribution in [-0.2, 0) is 0 Å². The molecule has 0 spiro atoms. The van der Waals surface area contributed by atoms with Crippen molar-refractivity contribution in [2.75, 3.05) is 11.9 Å². The van der Waals surface area contributed by atoms with Crippen LogP contribution in [0.25, 0.3) is 0 Å². The molecule has 1 aromatic rings. The molecular formula is C9H9F3N2O3. The van der Waals surface area contributed by atoms with Crippen LogP contribution in [0.2, 0.25) is 0 Å². The number of pyridine rings is 1. The largest absolute Gasteiger partial charge is 0.477 e. The van der Waals surface area contributed by atoms with Gasteiger partial charge in [-0.25, -0.2) is 9.78 Å². The molecule has 8 heteroatoms. The van der Waals surface area contributed by atoms with Crippen LogP contribution >= 0.6 is 0 Å². The van der Waals surface area contributed by atoms with E-state index in [1.54, 1.807) is 0 Å². The van der Waals surface area contributed by atoms with Gasteiger partial charge in [0.2, 0.25) is 0 Å². The Kier molecular flexibility index (Phi) is 3.89. The first-order valence-corrected chi connectivity index (χ1v) is 4.48. The van der Waals surface area contributed by atoms with Crippen molar-refractivity contribution in [2.45, 2.75) is 12.3 Å². The van der Waals surface area contributed by atoms with E-state index in [1.807, 2.05) is 0 Å². The third-order valence-electron chi connectivity index (χ3n) is 1.86. The average molecular weight is 250 g/mol. The molecule has 0 aliphatic heterocycles. The summed E-state index contributed by atoms with van der Waals surface area (Å²) in [7, 11) is 0. The number of nitrogens with one attached hydrogen (secondary N) is 1. The molecule has 0 aliphatic rings. The number of aromatic carboxylic acids is 1. The average Bonchev–Trinajstić information content (AvgIpc) is 2.25. The second kappa shape index (κ2) is 5.00. The molecule has 0 fully saturated rings. The van der Waals surface area contributed by atoms with Gasteiger partial charge in [0.15, 0.2) is 6.10 Å². The maximum Gasteiger partial charge on any atom is 0.416 e. The summed E-state index contributed by atoms with van der Waals surface area (Å²) in [6, 6.07) is 2.38. The fourth-order valence-electron chi connectivity index (χ4n) is 0.988. The van der Waals surface area contributed by atoms with Crippen LogP contribution in [0.5, 0.6) is 0 Å². The predicted molar refractivity (Wildman–Crippen MR) is 51.7 cm³/mol. The summed E-state index contributed by atoms with van der Waals surface area (Å²) in [6.45, 7) is -0.757. The number of hydrogen-bond donors (Lipinski definition) is 3. The van der Waals surface area contributed by atoms with Gasteiger partial charge in [0, 0.05) is 18.4 Å². The Morgan fingerprint density at radius 2 is 2.18 bits per heavy atom. The number of carboxylic acid groups (broad SMARTS) is 1. The highest BCUT2D eigenvalue weighted by atomic mass is 19.4. The second-order valence-corrected chi connectivity index (χ2v) is 3.17. The highest BCUT2D eigenvalue weighted by Gasteiger charge is 2.37. The highest BCUT2D eigenvalue weighted by molar-refractivity contribution is 5.86. The van der Waals surface area contributed by atoms with Gasteiger partial charge in [-0.1, -0.05) is 0 Å². The van der Waals surface area contributed by atoms with E-state index in [0.717, 1.165) is 12.3 Å². The van der Waals surface area contributed by atoms with Crippen LogP contribution in [0, 0.1) is 0 Å². The van der Waals surface area contributed by atoms with E-state index in [1.165, 1.54) is 6.07 Å². The number of alkyl halides is 3. The Bertz CT molecular complexity index is 409. The van der Waals surface area contributed by atoms with Gasteiger partial charge in [0.05, 0.1) is 0 Å². The molecule has 0 aromatic carbocycles. The van der Waals surface area contributed by atoms with Crippen LogP contribution < -0.4 is 5.32 Å². The van der Waals surface area contributed by atoms with Crippen molar-refractivity contribution in [3.63, 3.8) is 0 Å². The van der Waals surface area contributed by atoms with Crippen molar-refractivity contribution in [3.05, 3.63) is 24.0 Å². The number of nitrogens with zero attached hydrogens (tertiary/aromatic N) is 1. The minimum atomic E-state index is -4.71. The SMILES string of the molecule is O=C(O)c1cc(NCC(O)C(F)(F)F)ccn1. The summed E-state index contributed by atoms with van der Waals surface area (Å²) >= 11 is 0. The lowest BCUT2D eigenvalue weighted by Crippen LogP contribution is -2.35.